The van der Waals surface area contributed by atoms with Gasteiger partial charge in [-0.1, -0.05) is 147 Å². The van der Waals surface area contributed by atoms with Crippen LogP contribution in [-0.4, -0.2) is 11.5 Å². The van der Waals surface area contributed by atoms with Crippen molar-refractivity contribution in [2.75, 3.05) is 21.3 Å². The highest BCUT2D eigenvalue weighted by Gasteiger charge is 2.18. The van der Waals surface area contributed by atoms with E-state index in [1.807, 2.05) is 0 Å². The third-order valence-corrected chi connectivity index (χ3v) is 12.4. The third kappa shape index (κ3) is 9.95. The van der Waals surface area contributed by atoms with Crippen LogP contribution in [0.3, 0.4) is 0 Å². The average Bonchev–Trinajstić information content (AvgIpc) is 3.31. The van der Waals surface area contributed by atoms with Gasteiger partial charge in [-0.25, -0.2) is 0 Å². The van der Waals surface area contributed by atoms with E-state index in [0.29, 0.717) is 0 Å². The largest absolute Gasteiger partial charge is 0.310 e. The molecule has 0 spiro atoms. The third-order valence-electron chi connectivity index (χ3n) is 11.7. The molecule has 0 atom stereocenters. The summed E-state index contributed by atoms with van der Waals surface area (Å²) < 4.78 is 0. The first-order chi connectivity index (χ1) is 29.7. The van der Waals surface area contributed by atoms with Crippen molar-refractivity contribution in [3.05, 3.63) is 193 Å². The molecular weight excluding hydrogens is 765 g/mol. The van der Waals surface area contributed by atoms with Crippen LogP contribution in [0.15, 0.2) is 182 Å². The number of benzene rings is 8. The molecule has 0 radical (unpaired) electrons. The molecule has 0 heterocycles. The summed E-state index contributed by atoms with van der Waals surface area (Å²) in [4.78, 5) is 4.81. The van der Waals surface area contributed by atoms with Crippen molar-refractivity contribution < 1.29 is 0 Å². The van der Waals surface area contributed by atoms with E-state index in [1.54, 1.807) is 0 Å². The Morgan fingerprint density at radius 2 is 0.633 bits per heavy atom. The fourth-order valence-corrected chi connectivity index (χ4v) is 8.93. The summed E-state index contributed by atoms with van der Waals surface area (Å²) in [6.07, 6.45) is 12.1. The summed E-state index contributed by atoms with van der Waals surface area (Å²) in [5.41, 5.74) is 12.1. The van der Waals surface area contributed by atoms with Gasteiger partial charge in [0.25, 0.3) is 0 Å². The van der Waals surface area contributed by atoms with Crippen molar-refractivity contribution in [1.82, 2.24) is 0 Å². The van der Waals surface area contributed by atoms with Crippen LogP contribution in [0.4, 0.5) is 34.1 Å². The Kier molecular flexibility index (Phi) is 14.3. The molecule has 4 heteroatoms. The number of hydrogen-bond donors (Lipinski definition) is 2. The zero-order valence-corrected chi connectivity index (χ0v) is 36.4. The molecule has 0 unspecified atom stereocenters. The van der Waals surface area contributed by atoms with Crippen LogP contribution in [0.5, 0.6) is 0 Å². The van der Waals surface area contributed by atoms with Gasteiger partial charge in [-0.15, -0.1) is 0 Å². The van der Waals surface area contributed by atoms with Crippen molar-refractivity contribution in [2.24, 2.45) is 0 Å². The molecule has 302 valence electrons. The van der Waals surface area contributed by atoms with Gasteiger partial charge in [0.2, 0.25) is 0 Å². The number of thiol groups is 2. The lowest BCUT2D eigenvalue weighted by atomic mass is 10.0. The number of aryl methyl sites for hydroxylation is 2. The Hall–Kier alpha value is -5.42. The molecule has 2 nitrogen and oxygen atoms in total. The topological polar surface area (TPSA) is 6.48 Å². The van der Waals surface area contributed by atoms with E-state index >= 15 is 0 Å². The number of nitrogens with zero attached hydrogens (tertiary/aromatic N) is 2. The molecule has 0 fully saturated rings. The summed E-state index contributed by atoms with van der Waals surface area (Å²) >= 11 is 8.76. The maximum Gasteiger partial charge on any atom is 0.0540 e. The fourth-order valence-electron chi connectivity index (χ4n) is 8.48. The van der Waals surface area contributed by atoms with Crippen LogP contribution in [0.25, 0.3) is 32.7 Å². The van der Waals surface area contributed by atoms with Gasteiger partial charge in [-0.05, 0) is 144 Å². The van der Waals surface area contributed by atoms with E-state index in [4.69, 9.17) is 0 Å². The van der Waals surface area contributed by atoms with Crippen LogP contribution in [0.2, 0.25) is 0 Å². The standard InChI is InChI=1S/C56H56N2S2/c59-41-11-3-1-5-15-43-25-33-49(34-26-43)57(55-23-13-19-47-17-7-9-21-53(47)55)51-37-29-45(30-38-51)46-31-39-52(40-32-46)58(56-24-14-20-48-18-8-10-22-54(48)56)50-35-27-44(28-36-50)16-6-2-4-12-42-60/h7-10,13-14,17-40,59-60H,1-6,11-12,15-16,41-42H2. The molecule has 0 saturated carbocycles. The fraction of sp³-hybridized carbons (Fsp3) is 0.214. The highest BCUT2D eigenvalue weighted by molar-refractivity contribution is 7.80. The molecular formula is C56H56N2S2. The van der Waals surface area contributed by atoms with Gasteiger partial charge in [0.15, 0.2) is 0 Å². The predicted octanol–water partition coefficient (Wildman–Crippen LogP) is 16.7. The first kappa shape index (κ1) is 41.3. The molecule has 0 bridgehead atoms. The van der Waals surface area contributed by atoms with Gasteiger partial charge in [0.05, 0.1) is 11.4 Å². The van der Waals surface area contributed by atoms with Crippen molar-refractivity contribution in [2.45, 2.75) is 64.2 Å². The maximum atomic E-state index is 4.38. The molecule has 0 amide bonds. The lowest BCUT2D eigenvalue weighted by Gasteiger charge is -2.28. The van der Waals surface area contributed by atoms with Gasteiger partial charge in [-0.3, -0.25) is 0 Å². The SMILES string of the molecule is SCCCCCCc1ccc(N(c2ccc(-c3ccc(N(c4ccc(CCCCCCS)cc4)c4cccc5ccccc45)cc3)cc2)c2cccc3ccccc23)cc1. The minimum atomic E-state index is 0.977. The van der Waals surface area contributed by atoms with E-state index in [0.717, 1.165) is 47.1 Å². The molecule has 0 aliphatic heterocycles. The quantitative estimate of drug-likeness (QED) is 0.0620. The molecule has 0 aliphatic rings. The summed E-state index contributed by atoms with van der Waals surface area (Å²) in [5.74, 6) is 1.95. The summed E-state index contributed by atoms with van der Waals surface area (Å²) in [7, 11) is 0. The second-order valence-corrected chi connectivity index (χ2v) is 16.8. The van der Waals surface area contributed by atoms with E-state index in [9.17, 15) is 0 Å². The van der Waals surface area contributed by atoms with E-state index in [2.05, 4.69) is 217 Å². The van der Waals surface area contributed by atoms with Gasteiger partial charge < -0.3 is 9.80 Å². The Bertz CT molecular complexity index is 2370. The molecule has 0 aromatic heterocycles. The lowest BCUT2D eigenvalue weighted by Crippen LogP contribution is -2.11. The molecule has 8 aromatic carbocycles. The summed E-state index contributed by atoms with van der Waals surface area (Å²) in [6.45, 7) is 0. The lowest BCUT2D eigenvalue weighted by molar-refractivity contribution is 0.671. The maximum absolute atomic E-state index is 4.38. The second kappa shape index (κ2) is 20.7. The van der Waals surface area contributed by atoms with Gasteiger partial charge in [0.1, 0.15) is 0 Å². The number of hydrogen-bond acceptors (Lipinski definition) is 4. The van der Waals surface area contributed by atoms with E-state index in [-0.39, 0.29) is 0 Å². The van der Waals surface area contributed by atoms with Crippen LogP contribution >= 0.6 is 25.3 Å². The zero-order chi connectivity index (χ0) is 40.9. The Labute approximate surface area is 368 Å². The highest BCUT2D eigenvalue weighted by Crippen LogP contribution is 2.42. The number of rotatable bonds is 19. The summed E-state index contributed by atoms with van der Waals surface area (Å²) in [6, 6.07) is 67.1. The Morgan fingerprint density at radius 3 is 1.02 bits per heavy atom. The smallest absolute Gasteiger partial charge is 0.0540 e. The first-order valence-corrected chi connectivity index (χ1v) is 23.1. The van der Waals surface area contributed by atoms with Crippen molar-refractivity contribution in [1.29, 1.82) is 0 Å². The van der Waals surface area contributed by atoms with Gasteiger partial charge in [0, 0.05) is 33.5 Å². The minimum absolute atomic E-state index is 0.977. The molecule has 60 heavy (non-hydrogen) atoms. The van der Waals surface area contributed by atoms with Crippen molar-refractivity contribution >= 4 is 80.9 Å². The minimum Gasteiger partial charge on any atom is -0.310 e. The number of fused-ring (bicyclic) bond motifs is 2. The molecule has 0 aliphatic carbocycles. The number of anilines is 6. The first-order valence-electron chi connectivity index (χ1n) is 21.9. The average molecular weight is 821 g/mol. The zero-order valence-electron chi connectivity index (χ0n) is 34.6. The van der Waals surface area contributed by atoms with Gasteiger partial charge in [-0.2, -0.15) is 25.3 Å². The van der Waals surface area contributed by atoms with Crippen molar-refractivity contribution in [3.8, 4) is 11.1 Å². The van der Waals surface area contributed by atoms with Gasteiger partial charge >= 0.3 is 0 Å². The van der Waals surface area contributed by atoms with Crippen LogP contribution in [-0.2, 0) is 12.8 Å². The van der Waals surface area contributed by atoms with E-state index in [1.165, 1.54) is 107 Å². The molecule has 8 rings (SSSR count). The Balaban J connectivity index is 1.08. The predicted molar refractivity (Wildman–Crippen MR) is 268 cm³/mol. The monoisotopic (exact) mass is 820 g/mol. The van der Waals surface area contributed by atoms with Crippen molar-refractivity contribution in [3.63, 3.8) is 0 Å². The van der Waals surface area contributed by atoms with E-state index < -0.39 is 0 Å². The molecule has 8 aromatic rings. The van der Waals surface area contributed by atoms with Crippen LogP contribution in [0.1, 0.15) is 62.5 Å². The van der Waals surface area contributed by atoms with Crippen LogP contribution in [0, 0.1) is 0 Å². The summed E-state index contributed by atoms with van der Waals surface area (Å²) in [5, 5.41) is 4.94. The highest BCUT2D eigenvalue weighted by atomic mass is 32.1. The second-order valence-electron chi connectivity index (χ2n) is 15.9. The normalized spacial score (nSPS) is 11.3. The van der Waals surface area contributed by atoms with Crippen LogP contribution < -0.4 is 9.80 Å². The number of unbranched alkanes of at least 4 members (excludes halogenated alkanes) is 6. The Morgan fingerprint density at radius 1 is 0.300 bits per heavy atom. The molecule has 0 N–H and O–H groups in total. The molecule has 0 saturated heterocycles.